The molecule has 0 saturated heterocycles. The molecule has 1 aliphatic rings. The van der Waals surface area contributed by atoms with E-state index in [0.29, 0.717) is 29.8 Å². The number of fused-ring (bicyclic) bond motifs is 1. The molecule has 6 rings (SSSR count). The predicted octanol–water partition coefficient (Wildman–Crippen LogP) is 4.08. The van der Waals surface area contributed by atoms with Crippen molar-refractivity contribution in [2.75, 3.05) is 0 Å². The maximum absolute atomic E-state index is 15.0. The van der Waals surface area contributed by atoms with Crippen LogP contribution in [0.1, 0.15) is 46.7 Å². The highest BCUT2D eigenvalue weighted by Crippen LogP contribution is 2.39. The van der Waals surface area contributed by atoms with Crippen LogP contribution in [0.5, 0.6) is 0 Å². The van der Waals surface area contributed by atoms with Crippen molar-refractivity contribution in [1.29, 1.82) is 0 Å². The minimum Gasteiger partial charge on any atom is -0.348 e. The van der Waals surface area contributed by atoms with Crippen LogP contribution in [0.3, 0.4) is 0 Å². The first kappa shape index (κ1) is 18.9. The first-order valence-corrected chi connectivity index (χ1v) is 10.8. The van der Waals surface area contributed by atoms with E-state index in [4.69, 9.17) is 4.98 Å². The van der Waals surface area contributed by atoms with Crippen LogP contribution < -0.4 is 0 Å². The lowest BCUT2D eigenvalue weighted by atomic mass is 10.0. The Balaban J connectivity index is 1.25. The highest BCUT2D eigenvalue weighted by atomic mass is 19.1. The molecule has 0 aliphatic heterocycles. The standard InChI is InChI=1S/C24H22FN7/c1-16-2-6-22(32-15-26-28-29-32)21(24(16)25)10-17-8-9-30(11-17)13-20-14-31-12-19(18-3-4-18)5-7-23(31)27-20/h2,5-9,11-12,14-15,18H,3-4,10,13H2,1H3. The predicted molar refractivity (Wildman–Crippen MR) is 117 cm³/mol. The third-order valence-electron chi connectivity index (χ3n) is 6.12. The number of aromatic nitrogens is 7. The molecular formula is C24H22FN7. The molecule has 5 aromatic rings. The molecule has 32 heavy (non-hydrogen) atoms. The van der Waals surface area contributed by atoms with Crippen molar-refractivity contribution < 1.29 is 4.39 Å². The maximum atomic E-state index is 15.0. The van der Waals surface area contributed by atoms with Gasteiger partial charge in [0.15, 0.2) is 0 Å². The minimum absolute atomic E-state index is 0.224. The zero-order valence-corrected chi connectivity index (χ0v) is 17.7. The van der Waals surface area contributed by atoms with Crippen molar-refractivity contribution in [3.05, 3.63) is 95.2 Å². The summed E-state index contributed by atoms with van der Waals surface area (Å²) in [4.78, 5) is 4.75. The van der Waals surface area contributed by atoms with Gasteiger partial charge in [-0.1, -0.05) is 12.1 Å². The van der Waals surface area contributed by atoms with Crippen LogP contribution in [0.4, 0.5) is 4.39 Å². The molecule has 0 amide bonds. The Hall–Kier alpha value is -3.81. The van der Waals surface area contributed by atoms with Gasteiger partial charge in [0.05, 0.1) is 17.9 Å². The number of benzene rings is 1. The van der Waals surface area contributed by atoms with Gasteiger partial charge in [-0.25, -0.2) is 14.1 Å². The normalized spacial score (nSPS) is 13.8. The molecule has 4 heterocycles. The molecule has 8 heteroatoms. The summed E-state index contributed by atoms with van der Waals surface area (Å²) in [5.41, 5.74) is 6.20. The van der Waals surface area contributed by atoms with Crippen LogP contribution in [0.2, 0.25) is 0 Å². The Labute approximate surface area is 184 Å². The number of hydrogen-bond acceptors (Lipinski definition) is 4. The van der Waals surface area contributed by atoms with Gasteiger partial charge < -0.3 is 8.97 Å². The summed E-state index contributed by atoms with van der Waals surface area (Å²) in [6.07, 6.45) is 12.9. The highest BCUT2D eigenvalue weighted by Gasteiger charge is 2.23. The second kappa shape index (κ2) is 7.40. The molecule has 1 fully saturated rings. The number of tetrazole rings is 1. The largest absolute Gasteiger partial charge is 0.348 e. The molecule has 0 atom stereocenters. The van der Waals surface area contributed by atoms with E-state index in [9.17, 15) is 0 Å². The first-order valence-electron chi connectivity index (χ1n) is 10.8. The second-order valence-electron chi connectivity index (χ2n) is 8.55. The molecule has 0 N–H and O–H groups in total. The number of imidazole rings is 1. The Morgan fingerprint density at radius 3 is 2.78 bits per heavy atom. The topological polar surface area (TPSA) is 65.8 Å². The lowest BCUT2D eigenvalue weighted by molar-refractivity contribution is 0.600. The Kier molecular flexibility index (Phi) is 4.38. The summed E-state index contributed by atoms with van der Waals surface area (Å²) >= 11 is 0. The molecule has 4 aromatic heterocycles. The van der Waals surface area contributed by atoms with Crippen LogP contribution in [0.15, 0.2) is 61.4 Å². The second-order valence-corrected chi connectivity index (χ2v) is 8.55. The first-order chi connectivity index (χ1) is 15.6. The lowest BCUT2D eigenvalue weighted by Gasteiger charge is -2.11. The van der Waals surface area contributed by atoms with Gasteiger partial charge in [-0.15, -0.1) is 5.10 Å². The summed E-state index contributed by atoms with van der Waals surface area (Å²) in [5.74, 6) is 0.495. The van der Waals surface area contributed by atoms with Crippen LogP contribution in [0, 0.1) is 12.7 Å². The fraction of sp³-hybridized carbons (Fsp3) is 0.250. The van der Waals surface area contributed by atoms with E-state index in [1.54, 1.807) is 13.0 Å². The molecule has 7 nitrogen and oxygen atoms in total. The number of aryl methyl sites for hydroxylation is 1. The van der Waals surface area contributed by atoms with Gasteiger partial charge in [0.2, 0.25) is 0 Å². The van der Waals surface area contributed by atoms with Crippen molar-refractivity contribution >= 4 is 5.65 Å². The molecule has 1 aliphatic carbocycles. The fourth-order valence-electron chi connectivity index (χ4n) is 4.26. The molecule has 0 bridgehead atoms. The molecule has 1 aromatic carbocycles. The Morgan fingerprint density at radius 1 is 1.06 bits per heavy atom. The third kappa shape index (κ3) is 3.47. The number of rotatable bonds is 6. The van der Waals surface area contributed by atoms with E-state index >= 15 is 4.39 Å². The van der Waals surface area contributed by atoms with Crippen LogP contribution in [0.25, 0.3) is 11.3 Å². The maximum Gasteiger partial charge on any atom is 0.143 e. The summed E-state index contributed by atoms with van der Waals surface area (Å²) < 4.78 is 20.7. The average Bonchev–Trinajstić information content (AvgIpc) is 3.15. The van der Waals surface area contributed by atoms with Crippen molar-refractivity contribution in [2.45, 2.75) is 38.6 Å². The van der Waals surface area contributed by atoms with Crippen molar-refractivity contribution in [2.24, 2.45) is 0 Å². The zero-order chi connectivity index (χ0) is 21.7. The lowest BCUT2D eigenvalue weighted by Crippen LogP contribution is -2.05. The van der Waals surface area contributed by atoms with Gasteiger partial charge in [-0.3, -0.25) is 0 Å². The molecular weight excluding hydrogens is 405 g/mol. The van der Waals surface area contributed by atoms with Crippen molar-refractivity contribution in [1.82, 2.24) is 34.2 Å². The van der Waals surface area contributed by atoms with Crippen LogP contribution in [-0.2, 0) is 13.0 Å². The molecule has 0 spiro atoms. The van der Waals surface area contributed by atoms with Gasteiger partial charge >= 0.3 is 0 Å². The minimum atomic E-state index is -0.224. The van der Waals surface area contributed by atoms with Gasteiger partial charge in [0.25, 0.3) is 0 Å². The number of pyridine rings is 1. The van der Waals surface area contributed by atoms with Crippen molar-refractivity contribution in [3.8, 4) is 5.69 Å². The van der Waals surface area contributed by atoms with Gasteiger partial charge in [-0.05, 0) is 71.0 Å². The number of halogens is 1. The van der Waals surface area contributed by atoms with Crippen LogP contribution >= 0.6 is 0 Å². The monoisotopic (exact) mass is 427 g/mol. The summed E-state index contributed by atoms with van der Waals surface area (Å²) in [5, 5.41) is 11.3. The van der Waals surface area contributed by atoms with Gasteiger partial charge in [0.1, 0.15) is 17.8 Å². The quantitative estimate of drug-likeness (QED) is 0.410. The van der Waals surface area contributed by atoms with E-state index in [-0.39, 0.29) is 5.82 Å². The number of hydrogen-bond donors (Lipinski definition) is 0. The number of nitrogens with zero attached hydrogens (tertiary/aromatic N) is 7. The average molecular weight is 427 g/mol. The zero-order valence-electron chi connectivity index (χ0n) is 17.7. The fourth-order valence-corrected chi connectivity index (χ4v) is 4.26. The van der Waals surface area contributed by atoms with Gasteiger partial charge in [-0.2, -0.15) is 0 Å². The Morgan fingerprint density at radius 2 is 1.97 bits per heavy atom. The SMILES string of the molecule is Cc1ccc(-n2cnnn2)c(Cc2ccn(Cc3cn4cc(C5CC5)ccc4n3)c2)c1F. The Bertz CT molecular complexity index is 1410. The van der Waals surface area contributed by atoms with E-state index in [1.165, 1.54) is 29.4 Å². The summed E-state index contributed by atoms with van der Waals surface area (Å²) in [6.45, 7) is 2.43. The summed E-state index contributed by atoms with van der Waals surface area (Å²) in [6, 6.07) is 9.91. The van der Waals surface area contributed by atoms with Crippen molar-refractivity contribution in [3.63, 3.8) is 0 Å². The summed E-state index contributed by atoms with van der Waals surface area (Å²) in [7, 11) is 0. The smallest absolute Gasteiger partial charge is 0.143 e. The van der Waals surface area contributed by atoms with E-state index in [1.807, 2.05) is 24.5 Å². The van der Waals surface area contributed by atoms with E-state index in [0.717, 1.165) is 22.8 Å². The van der Waals surface area contributed by atoms with Gasteiger partial charge in [0, 0.05) is 36.8 Å². The molecule has 1 saturated carbocycles. The van der Waals surface area contributed by atoms with E-state index in [2.05, 4.69) is 49.0 Å². The molecule has 0 radical (unpaired) electrons. The van der Waals surface area contributed by atoms with E-state index < -0.39 is 0 Å². The van der Waals surface area contributed by atoms with Crippen LogP contribution in [-0.4, -0.2) is 34.2 Å². The molecule has 0 unspecified atom stereocenters. The third-order valence-corrected chi connectivity index (χ3v) is 6.12. The molecule has 160 valence electrons. The highest BCUT2D eigenvalue weighted by molar-refractivity contribution is 5.46.